The van der Waals surface area contributed by atoms with Gasteiger partial charge in [0.05, 0.1) is 17.6 Å². The Morgan fingerprint density at radius 2 is 1.93 bits per heavy atom. The van der Waals surface area contributed by atoms with E-state index in [0.717, 1.165) is 25.7 Å². The molecule has 232 valence electrons. The fourth-order valence-corrected chi connectivity index (χ4v) is 6.67. The summed E-state index contributed by atoms with van der Waals surface area (Å²) < 4.78 is 18.6. The zero-order chi connectivity index (χ0) is 30.4. The topological polar surface area (TPSA) is 177 Å². The molecule has 4 fully saturated rings. The summed E-state index contributed by atoms with van der Waals surface area (Å²) in [5, 5.41) is 25.7. The van der Waals surface area contributed by atoms with Crippen LogP contribution in [0.4, 0.5) is 0 Å². The maximum absolute atomic E-state index is 13.6. The van der Waals surface area contributed by atoms with Gasteiger partial charge in [-0.1, -0.05) is 46.5 Å². The van der Waals surface area contributed by atoms with Crippen LogP contribution < -0.4 is 21.4 Å². The minimum Gasteiger partial charge on any atom is -0.404 e. The number of unbranched alkanes of at least 4 members (excludes halogenated alkanes) is 1. The summed E-state index contributed by atoms with van der Waals surface area (Å²) in [4.78, 5) is 36.7. The highest BCUT2D eigenvalue weighted by Crippen LogP contribution is 2.65. The first-order valence-corrected chi connectivity index (χ1v) is 15.0. The average Bonchev–Trinajstić information content (AvgIpc) is 3.24. The van der Waals surface area contributed by atoms with Gasteiger partial charge in [0.15, 0.2) is 5.03 Å². The Bertz CT molecular complexity index is 953. The van der Waals surface area contributed by atoms with E-state index in [0.29, 0.717) is 31.3 Å². The van der Waals surface area contributed by atoms with Gasteiger partial charge in [0, 0.05) is 13.2 Å². The maximum Gasteiger partial charge on any atom is 0.481 e. The highest BCUT2D eigenvalue weighted by Gasteiger charge is 2.68. The second-order valence-electron chi connectivity index (χ2n) is 12.9. The van der Waals surface area contributed by atoms with Gasteiger partial charge >= 0.3 is 7.12 Å². The van der Waals surface area contributed by atoms with E-state index in [1.54, 1.807) is 5.43 Å². The monoisotopic (exact) mass is 580 g/mol. The van der Waals surface area contributed by atoms with Crippen LogP contribution in [0.2, 0.25) is 0 Å². The first-order valence-electron chi connectivity index (χ1n) is 15.0. The van der Waals surface area contributed by atoms with Crippen molar-refractivity contribution in [2.24, 2.45) is 23.2 Å². The third-order valence-electron chi connectivity index (χ3n) is 9.05. The highest BCUT2D eigenvalue weighted by molar-refractivity contribution is 6.48. The van der Waals surface area contributed by atoms with Crippen LogP contribution in [-0.2, 0) is 23.6 Å². The van der Waals surface area contributed by atoms with Crippen molar-refractivity contribution in [3.63, 3.8) is 0 Å². The number of rotatable bonds is 16. The molecule has 3 aliphatic carbocycles. The lowest BCUT2D eigenvalue weighted by atomic mass is 9.43. The Labute approximate surface area is 243 Å². The number of carbonyl (C=O) groups is 2. The summed E-state index contributed by atoms with van der Waals surface area (Å²) in [7, 11) is -0.587. The first kappa shape index (κ1) is 33.1. The van der Waals surface area contributed by atoms with E-state index in [1.807, 2.05) is 6.92 Å². The van der Waals surface area contributed by atoms with E-state index in [9.17, 15) is 19.7 Å². The van der Waals surface area contributed by atoms with E-state index in [1.165, 1.54) is 0 Å². The number of hydrazine groups is 1. The van der Waals surface area contributed by atoms with Crippen LogP contribution in [0.25, 0.3) is 0 Å². The second kappa shape index (κ2) is 14.1. The lowest BCUT2D eigenvalue weighted by Gasteiger charge is -2.64. The van der Waals surface area contributed by atoms with Crippen LogP contribution in [0, 0.1) is 38.7 Å². The van der Waals surface area contributed by atoms with Gasteiger partial charge in [-0.25, -0.2) is 10.1 Å². The van der Waals surface area contributed by atoms with E-state index < -0.39 is 41.6 Å². The van der Waals surface area contributed by atoms with Gasteiger partial charge in [0.1, 0.15) is 12.6 Å². The normalized spacial score (nSPS) is 27.3. The molecule has 3 saturated carbocycles. The molecule has 14 heteroatoms. The molecule has 0 unspecified atom stereocenters. The Hall–Kier alpha value is -2.45. The van der Waals surface area contributed by atoms with Crippen molar-refractivity contribution in [2.75, 3.05) is 19.8 Å². The Kier molecular flexibility index (Phi) is 11.4. The molecule has 1 heterocycles. The largest absolute Gasteiger partial charge is 0.481 e. The molecule has 41 heavy (non-hydrogen) atoms. The van der Waals surface area contributed by atoms with Gasteiger partial charge in [-0.15, -0.1) is 0 Å². The van der Waals surface area contributed by atoms with Crippen molar-refractivity contribution < 1.29 is 28.7 Å². The van der Waals surface area contributed by atoms with E-state index in [2.05, 4.69) is 50.6 Å². The number of nitro groups is 1. The Morgan fingerprint density at radius 3 is 2.56 bits per heavy atom. The maximum atomic E-state index is 13.6. The summed E-state index contributed by atoms with van der Waals surface area (Å²) in [5.41, 5.74) is 1.53. The molecular weight excluding hydrogens is 531 g/mol. The zero-order valence-corrected chi connectivity index (χ0v) is 25.4. The summed E-state index contributed by atoms with van der Waals surface area (Å²) >= 11 is 0. The summed E-state index contributed by atoms with van der Waals surface area (Å²) in [6, 6.07) is -0.864. The second-order valence-corrected chi connectivity index (χ2v) is 12.9. The third kappa shape index (κ3) is 8.32. The van der Waals surface area contributed by atoms with Gasteiger partial charge < -0.3 is 30.0 Å². The molecule has 13 nitrogen and oxygen atoms in total. The molecule has 0 spiro atoms. The average molecular weight is 581 g/mol. The number of nitrogens with one attached hydrogen (secondary N) is 5. The molecule has 5 N–H and O–H groups in total. The van der Waals surface area contributed by atoms with Crippen molar-refractivity contribution >= 4 is 24.9 Å². The number of hydrogen-bond acceptors (Lipinski definition) is 8. The van der Waals surface area contributed by atoms with Gasteiger partial charge in [-0.2, -0.15) is 0 Å². The van der Waals surface area contributed by atoms with Crippen molar-refractivity contribution in [2.45, 2.75) is 110 Å². The van der Waals surface area contributed by atoms with Crippen LogP contribution in [-0.4, -0.2) is 73.4 Å². The van der Waals surface area contributed by atoms with Crippen LogP contribution in [0.1, 0.15) is 86.5 Å². The van der Waals surface area contributed by atoms with Crippen LogP contribution in [0.15, 0.2) is 0 Å². The molecule has 1 saturated heterocycles. The van der Waals surface area contributed by atoms with Crippen molar-refractivity contribution in [3.8, 4) is 0 Å². The minimum absolute atomic E-state index is 0.0132. The number of amides is 2. The van der Waals surface area contributed by atoms with E-state index in [-0.39, 0.29) is 42.9 Å². The van der Waals surface area contributed by atoms with Crippen LogP contribution in [0.5, 0.6) is 0 Å². The Morgan fingerprint density at radius 1 is 1.20 bits per heavy atom. The molecule has 0 radical (unpaired) electrons. The number of hydrogen-bond donors (Lipinski definition) is 5. The quantitative estimate of drug-likeness (QED) is 0.0457. The Balaban J connectivity index is 1.65. The fraction of sp³-hybridized carbons (Fsp3) is 0.889. The predicted molar refractivity (Wildman–Crippen MR) is 154 cm³/mol. The van der Waals surface area contributed by atoms with E-state index >= 15 is 0 Å². The molecule has 1 aliphatic heterocycles. The lowest BCUT2D eigenvalue weighted by molar-refractivity contribution is -0.525. The van der Waals surface area contributed by atoms with Gasteiger partial charge in [0.25, 0.3) is 5.96 Å². The van der Waals surface area contributed by atoms with Gasteiger partial charge in [-0.3, -0.25) is 15.0 Å². The SMILES string of the molecule is CCCCOCC(=O)N[C@@H](CCCNC(=N)N[N+](=O)[O-])C(=O)N[C@@H](CC(C)C)B1O[C@@H]2C[C@@H]3C[C@@H](C3(C)C)[C@]2(C)O1. The lowest BCUT2D eigenvalue weighted by Crippen LogP contribution is -2.65. The molecule has 0 aromatic rings. The molecule has 2 amide bonds. The standard InChI is InChI=1S/C27H49BN6O7/c1-7-8-12-39-16-23(35)31-19(10-9-11-30-25(29)33-34(37)38)24(36)32-22(13-17(2)3)28-40-21-15-18-14-20(26(18,4)5)27(21,6)41-28/h17-22H,7-16H2,1-6H3,(H,31,35)(H,32,36)(H3,29,30,33)/t18-,19-,20-,21+,22-,27-/m0/s1. The smallest absolute Gasteiger partial charge is 0.404 e. The van der Waals surface area contributed by atoms with Gasteiger partial charge in [-0.05, 0) is 68.6 Å². The minimum atomic E-state index is -0.864. The molecule has 4 rings (SSSR count). The van der Waals surface area contributed by atoms with Crippen molar-refractivity contribution in [1.82, 2.24) is 21.4 Å². The fourth-order valence-electron chi connectivity index (χ4n) is 6.67. The molecule has 4 aliphatic rings. The highest BCUT2D eigenvalue weighted by atomic mass is 16.7. The number of guanidine groups is 1. The summed E-state index contributed by atoms with van der Waals surface area (Å²) in [5.74, 6) is -0.332. The van der Waals surface area contributed by atoms with E-state index in [4.69, 9.17) is 19.5 Å². The molecule has 6 atom stereocenters. The van der Waals surface area contributed by atoms with Gasteiger partial charge in [0.2, 0.25) is 11.8 Å². The van der Waals surface area contributed by atoms with Crippen molar-refractivity contribution in [1.29, 1.82) is 5.41 Å². The number of nitrogens with zero attached hydrogens (tertiary/aromatic N) is 1. The summed E-state index contributed by atoms with van der Waals surface area (Å²) in [6.07, 6.45) is 5.12. The van der Waals surface area contributed by atoms with Crippen LogP contribution in [0.3, 0.4) is 0 Å². The molecule has 2 bridgehead atoms. The predicted octanol–water partition coefficient (Wildman–Crippen LogP) is 2.17. The molecule has 0 aromatic carbocycles. The zero-order valence-electron chi connectivity index (χ0n) is 25.4. The molecule has 0 aromatic heterocycles. The first-order chi connectivity index (χ1) is 19.3. The summed E-state index contributed by atoms with van der Waals surface area (Å²) in [6.45, 7) is 13.5. The number of ether oxygens (including phenoxy) is 1. The van der Waals surface area contributed by atoms with Crippen molar-refractivity contribution in [3.05, 3.63) is 10.1 Å². The molecular formula is C27H49BN6O7. The number of carbonyl (C=O) groups excluding carboxylic acids is 2. The third-order valence-corrected chi connectivity index (χ3v) is 9.05. The van der Waals surface area contributed by atoms with Crippen LogP contribution >= 0.6 is 0 Å².